The molecule has 1 aromatic heterocycles. The predicted octanol–water partition coefficient (Wildman–Crippen LogP) is 2.72. The number of nitrogens with zero attached hydrogens (tertiary/aromatic N) is 4. The summed E-state index contributed by atoms with van der Waals surface area (Å²) >= 11 is 0. The lowest BCUT2D eigenvalue weighted by Crippen LogP contribution is -2.39. The molecule has 1 saturated heterocycles. The van der Waals surface area contributed by atoms with Crippen LogP contribution >= 0.6 is 0 Å². The van der Waals surface area contributed by atoms with E-state index in [0.717, 1.165) is 38.4 Å². The van der Waals surface area contributed by atoms with Gasteiger partial charge in [-0.05, 0) is 19.5 Å². The summed E-state index contributed by atoms with van der Waals surface area (Å²) < 4.78 is 0. The van der Waals surface area contributed by atoms with Crippen molar-refractivity contribution in [1.82, 2.24) is 19.8 Å². The van der Waals surface area contributed by atoms with Crippen LogP contribution in [0.1, 0.15) is 46.9 Å². The molecule has 1 aromatic rings. The number of amides is 2. The number of nitrogens with one attached hydrogen (secondary N) is 1. The van der Waals surface area contributed by atoms with Gasteiger partial charge in [0.05, 0.1) is 18.1 Å². The quantitative estimate of drug-likeness (QED) is 0.927. The smallest absolute Gasteiger partial charge is 0.321 e. The molecule has 0 aromatic carbocycles. The van der Waals surface area contributed by atoms with Gasteiger partial charge in [0.2, 0.25) is 0 Å². The second kappa shape index (κ2) is 7.25. The Hall–Kier alpha value is -1.69. The molecule has 1 aliphatic rings. The summed E-state index contributed by atoms with van der Waals surface area (Å²) in [5.74, 6) is 0.776. The van der Waals surface area contributed by atoms with E-state index in [9.17, 15) is 4.79 Å². The highest BCUT2D eigenvalue weighted by Crippen LogP contribution is 2.19. The molecule has 2 rings (SSSR count). The fraction of sp³-hybridized carbons (Fsp3) is 0.706. The van der Waals surface area contributed by atoms with Crippen LogP contribution < -0.4 is 5.32 Å². The molecule has 0 aliphatic carbocycles. The van der Waals surface area contributed by atoms with E-state index in [4.69, 9.17) is 0 Å². The molecule has 0 bridgehead atoms. The highest BCUT2D eigenvalue weighted by atomic mass is 16.2. The van der Waals surface area contributed by atoms with Crippen LogP contribution in [0.4, 0.5) is 10.5 Å². The molecule has 6 nitrogen and oxygen atoms in total. The first-order valence-corrected chi connectivity index (χ1v) is 8.47. The van der Waals surface area contributed by atoms with Crippen molar-refractivity contribution in [3.05, 3.63) is 18.2 Å². The van der Waals surface area contributed by atoms with E-state index in [1.54, 1.807) is 12.4 Å². The minimum atomic E-state index is -0.0888. The highest BCUT2D eigenvalue weighted by Gasteiger charge is 2.29. The van der Waals surface area contributed by atoms with Crippen molar-refractivity contribution in [2.45, 2.75) is 52.5 Å². The third-order valence-corrected chi connectivity index (χ3v) is 4.35. The largest absolute Gasteiger partial charge is 0.323 e. The average Bonchev–Trinajstić information content (AvgIpc) is 2.98. The van der Waals surface area contributed by atoms with Gasteiger partial charge in [-0.2, -0.15) is 0 Å². The van der Waals surface area contributed by atoms with Crippen molar-refractivity contribution in [3.8, 4) is 0 Å². The van der Waals surface area contributed by atoms with E-state index in [0.29, 0.717) is 11.7 Å². The minimum absolute atomic E-state index is 0.0632. The Kier molecular flexibility index (Phi) is 5.57. The first-order valence-electron chi connectivity index (χ1n) is 8.47. The molecule has 2 amide bonds. The standard InChI is InChI=1S/C17H29N5O/c1-6-21(7-2)14-8-9-22(12-14)16(23)20-13-10-18-15(19-11-13)17(3,4)5/h10-11,14H,6-9,12H2,1-5H3,(H,20,23). The Morgan fingerprint density at radius 2 is 1.91 bits per heavy atom. The van der Waals surface area contributed by atoms with E-state index in [1.165, 1.54) is 0 Å². The summed E-state index contributed by atoms with van der Waals surface area (Å²) in [6.45, 7) is 14.2. The van der Waals surface area contributed by atoms with Crippen LogP contribution in [-0.4, -0.2) is 58.0 Å². The molecule has 6 heteroatoms. The van der Waals surface area contributed by atoms with Gasteiger partial charge in [0, 0.05) is 24.5 Å². The Bertz CT molecular complexity index is 519. The minimum Gasteiger partial charge on any atom is -0.323 e. The molecular weight excluding hydrogens is 290 g/mol. The number of likely N-dealkylation sites (N-methyl/N-ethyl adjacent to an activating group) is 1. The second-order valence-corrected chi connectivity index (χ2v) is 7.09. The lowest BCUT2D eigenvalue weighted by molar-refractivity contribution is 0.202. The Balaban J connectivity index is 1.92. The summed E-state index contributed by atoms with van der Waals surface area (Å²) in [6.07, 6.45) is 4.40. The van der Waals surface area contributed by atoms with Crippen LogP contribution in [0.2, 0.25) is 0 Å². The van der Waals surface area contributed by atoms with Crippen LogP contribution in [0.3, 0.4) is 0 Å². The molecule has 0 radical (unpaired) electrons. The van der Waals surface area contributed by atoms with Gasteiger partial charge in [-0.1, -0.05) is 34.6 Å². The summed E-state index contributed by atoms with van der Waals surface area (Å²) in [5, 5.41) is 2.90. The van der Waals surface area contributed by atoms with Crippen LogP contribution in [0.25, 0.3) is 0 Å². The zero-order valence-corrected chi connectivity index (χ0v) is 15.0. The summed E-state index contributed by atoms with van der Waals surface area (Å²) in [6, 6.07) is 0.405. The third-order valence-electron chi connectivity index (χ3n) is 4.35. The van der Waals surface area contributed by atoms with E-state index < -0.39 is 0 Å². The van der Waals surface area contributed by atoms with Crippen molar-refractivity contribution in [2.24, 2.45) is 0 Å². The first kappa shape index (κ1) is 17.7. The van der Waals surface area contributed by atoms with Crippen LogP contribution in [0.15, 0.2) is 12.4 Å². The van der Waals surface area contributed by atoms with Crippen LogP contribution in [0.5, 0.6) is 0 Å². The molecule has 23 heavy (non-hydrogen) atoms. The number of hydrogen-bond donors (Lipinski definition) is 1. The first-order chi connectivity index (χ1) is 10.8. The van der Waals surface area contributed by atoms with Crippen LogP contribution in [0, 0.1) is 0 Å². The molecule has 0 spiro atoms. The van der Waals surface area contributed by atoms with Crippen molar-refractivity contribution in [2.75, 3.05) is 31.5 Å². The lowest BCUT2D eigenvalue weighted by Gasteiger charge is -2.26. The van der Waals surface area contributed by atoms with E-state index in [1.807, 2.05) is 4.90 Å². The van der Waals surface area contributed by atoms with Gasteiger partial charge in [0.25, 0.3) is 0 Å². The zero-order valence-electron chi connectivity index (χ0n) is 15.0. The van der Waals surface area contributed by atoms with Crippen LogP contribution in [-0.2, 0) is 5.41 Å². The summed E-state index contributed by atoms with van der Waals surface area (Å²) in [4.78, 5) is 25.4. The normalized spacial score (nSPS) is 18.5. The number of urea groups is 1. The lowest BCUT2D eigenvalue weighted by atomic mass is 9.96. The maximum absolute atomic E-state index is 12.4. The molecule has 1 unspecified atom stereocenters. The fourth-order valence-electron chi connectivity index (χ4n) is 2.95. The van der Waals surface area contributed by atoms with Crippen molar-refractivity contribution >= 4 is 11.7 Å². The molecular formula is C17H29N5O. The molecule has 1 atom stereocenters. The number of rotatable bonds is 4. The molecule has 0 saturated carbocycles. The zero-order chi connectivity index (χ0) is 17.0. The van der Waals surface area contributed by atoms with E-state index in [-0.39, 0.29) is 11.4 Å². The third kappa shape index (κ3) is 4.41. The Morgan fingerprint density at radius 1 is 1.30 bits per heavy atom. The summed E-state index contributed by atoms with van der Waals surface area (Å²) in [5.41, 5.74) is 0.559. The average molecular weight is 319 g/mol. The Morgan fingerprint density at radius 3 is 2.43 bits per heavy atom. The van der Waals surface area contributed by atoms with Gasteiger partial charge in [0.15, 0.2) is 0 Å². The monoisotopic (exact) mass is 319 g/mol. The van der Waals surface area contributed by atoms with Crippen molar-refractivity contribution < 1.29 is 4.79 Å². The topological polar surface area (TPSA) is 61.4 Å². The maximum Gasteiger partial charge on any atom is 0.321 e. The molecule has 128 valence electrons. The maximum atomic E-state index is 12.4. The van der Waals surface area contributed by atoms with Gasteiger partial charge in [-0.15, -0.1) is 0 Å². The molecule has 2 heterocycles. The molecule has 1 fully saturated rings. The fourth-order valence-corrected chi connectivity index (χ4v) is 2.95. The number of aromatic nitrogens is 2. The predicted molar refractivity (Wildman–Crippen MR) is 92.6 cm³/mol. The molecule has 1 N–H and O–H groups in total. The Labute approximate surface area is 139 Å². The van der Waals surface area contributed by atoms with Crippen molar-refractivity contribution in [3.63, 3.8) is 0 Å². The van der Waals surface area contributed by atoms with Gasteiger partial charge in [0.1, 0.15) is 5.82 Å². The van der Waals surface area contributed by atoms with E-state index in [2.05, 4.69) is 54.8 Å². The van der Waals surface area contributed by atoms with Gasteiger partial charge < -0.3 is 10.2 Å². The number of hydrogen-bond acceptors (Lipinski definition) is 4. The SMILES string of the molecule is CCN(CC)C1CCN(C(=O)Nc2cnc(C(C)(C)C)nc2)C1. The summed E-state index contributed by atoms with van der Waals surface area (Å²) in [7, 11) is 0. The van der Waals surface area contributed by atoms with Crippen molar-refractivity contribution in [1.29, 1.82) is 0 Å². The molecule has 1 aliphatic heterocycles. The van der Waals surface area contributed by atoms with Gasteiger partial charge in [-0.25, -0.2) is 14.8 Å². The number of carbonyl (C=O) groups excluding carboxylic acids is 1. The number of likely N-dealkylation sites (tertiary alicyclic amines) is 1. The highest BCUT2D eigenvalue weighted by molar-refractivity contribution is 5.89. The van der Waals surface area contributed by atoms with Gasteiger partial charge in [-0.3, -0.25) is 4.90 Å². The number of carbonyl (C=O) groups is 1. The number of anilines is 1. The second-order valence-electron chi connectivity index (χ2n) is 7.09. The van der Waals surface area contributed by atoms with Gasteiger partial charge >= 0.3 is 6.03 Å². The van der Waals surface area contributed by atoms with E-state index >= 15 is 0 Å².